The summed E-state index contributed by atoms with van der Waals surface area (Å²) in [6.45, 7) is 10.6. The highest BCUT2D eigenvalue weighted by atomic mass is 16.5. The van der Waals surface area contributed by atoms with Crippen LogP contribution in [0, 0.1) is 6.92 Å². The van der Waals surface area contributed by atoms with Crippen LogP contribution in [0.4, 0.5) is 0 Å². The Morgan fingerprint density at radius 1 is 0.641 bits per heavy atom. The lowest BCUT2D eigenvalue weighted by Gasteiger charge is -2.11. The number of ether oxygens (including phenoxy) is 3. The Morgan fingerprint density at radius 3 is 1.67 bits per heavy atom. The number of aryl methyl sites for hydroxylation is 2. The Kier molecular flexibility index (Phi) is 16.1. The van der Waals surface area contributed by atoms with Gasteiger partial charge in [0.05, 0.1) is 19.8 Å². The topological polar surface area (TPSA) is 61.8 Å². The first-order chi connectivity index (χ1) is 19.0. The van der Waals surface area contributed by atoms with Gasteiger partial charge in [-0.15, -0.1) is 0 Å². The minimum absolute atomic E-state index is 0.337. The number of hydrogen-bond acceptors (Lipinski definition) is 5. The van der Waals surface area contributed by atoms with Crippen molar-refractivity contribution in [2.24, 2.45) is 0 Å². The molecule has 0 aliphatic rings. The van der Waals surface area contributed by atoms with E-state index < -0.39 is 0 Å². The minimum Gasteiger partial charge on any atom is -0.493 e. The van der Waals surface area contributed by atoms with Gasteiger partial charge in [-0.3, -0.25) is 0 Å². The molecule has 0 unspecified atom stereocenters. The normalized spacial score (nSPS) is 10.6. The Bertz CT molecular complexity index is 1010. The van der Waals surface area contributed by atoms with E-state index in [1.54, 1.807) is 0 Å². The standard InChI is InChI=1S/C34H46O5/c1-4-33(35)38-25-15-11-7-6-10-14-24-37-32-23-22-31(27-28(32)3)30-20-18-29(19-21-30)17-13-9-8-12-16-26-39-34(36)5-2/h4-5,18-23,27H,1-2,6-17,24-26H2,3H3. The molecule has 0 amide bonds. The van der Waals surface area contributed by atoms with Crippen LogP contribution in [-0.4, -0.2) is 31.8 Å². The molecule has 5 nitrogen and oxygen atoms in total. The average molecular weight is 535 g/mol. The summed E-state index contributed by atoms with van der Waals surface area (Å²) in [5.74, 6) is 0.278. The molecule has 0 aliphatic heterocycles. The van der Waals surface area contributed by atoms with Crippen LogP contribution in [0.25, 0.3) is 11.1 Å². The van der Waals surface area contributed by atoms with Crippen molar-refractivity contribution in [1.82, 2.24) is 0 Å². The van der Waals surface area contributed by atoms with Crippen LogP contribution in [0.5, 0.6) is 5.75 Å². The third-order valence-electron chi connectivity index (χ3n) is 6.69. The van der Waals surface area contributed by atoms with Crippen LogP contribution in [0.3, 0.4) is 0 Å². The van der Waals surface area contributed by atoms with Gasteiger partial charge in [-0.1, -0.05) is 88.4 Å². The highest BCUT2D eigenvalue weighted by Crippen LogP contribution is 2.27. The monoisotopic (exact) mass is 534 g/mol. The highest BCUT2D eigenvalue weighted by molar-refractivity contribution is 5.81. The van der Waals surface area contributed by atoms with E-state index in [0.29, 0.717) is 13.2 Å². The van der Waals surface area contributed by atoms with E-state index in [9.17, 15) is 9.59 Å². The molecule has 0 aromatic heterocycles. The molecule has 2 rings (SSSR count). The summed E-state index contributed by atoms with van der Waals surface area (Å²) in [4.78, 5) is 22.0. The van der Waals surface area contributed by atoms with Crippen LogP contribution < -0.4 is 4.74 Å². The molecule has 0 saturated heterocycles. The van der Waals surface area contributed by atoms with Crippen molar-refractivity contribution >= 4 is 11.9 Å². The van der Waals surface area contributed by atoms with Gasteiger partial charge in [-0.25, -0.2) is 9.59 Å². The SMILES string of the molecule is C=CC(=O)OCCCCCCCCOc1ccc(-c2ccc(CCCCCCCOC(=O)C=C)cc2)cc1C. The second-order valence-corrected chi connectivity index (χ2v) is 9.91. The molecule has 0 saturated carbocycles. The maximum atomic E-state index is 11.0. The van der Waals surface area contributed by atoms with Gasteiger partial charge in [0.2, 0.25) is 0 Å². The zero-order valence-corrected chi connectivity index (χ0v) is 23.8. The number of carbonyl (C=O) groups excluding carboxylic acids is 2. The fraction of sp³-hybridized carbons (Fsp3) is 0.471. The molecule has 0 aliphatic carbocycles. The molecule has 0 bridgehead atoms. The molecule has 0 spiro atoms. The van der Waals surface area contributed by atoms with E-state index in [-0.39, 0.29) is 11.9 Å². The minimum atomic E-state index is -0.342. The smallest absolute Gasteiger partial charge is 0.330 e. The summed E-state index contributed by atoms with van der Waals surface area (Å²) in [5, 5.41) is 0. The maximum absolute atomic E-state index is 11.0. The molecule has 2 aromatic carbocycles. The number of carbonyl (C=O) groups is 2. The van der Waals surface area contributed by atoms with E-state index in [4.69, 9.17) is 14.2 Å². The van der Waals surface area contributed by atoms with Crippen LogP contribution >= 0.6 is 0 Å². The van der Waals surface area contributed by atoms with E-state index in [2.05, 4.69) is 62.5 Å². The second-order valence-electron chi connectivity index (χ2n) is 9.91. The molecule has 0 radical (unpaired) electrons. The summed E-state index contributed by atoms with van der Waals surface area (Å²) in [7, 11) is 0. The molecule has 0 atom stereocenters. The number of rotatable bonds is 21. The van der Waals surface area contributed by atoms with Gasteiger partial charge in [-0.05, 0) is 73.4 Å². The lowest BCUT2D eigenvalue weighted by molar-refractivity contribution is -0.138. The predicted molar refractivity (Wildman–Crippen MR) is 159 cm³/mol. The van der Waals surface area contributed by atoms with Gasteiger partial charge in [0, 0.05) is 12.2 Å². The van der Waals surface area contributed by atoms with E-state index in [1.165, 1.54) is 48.1 Å². The molecule has 2 aromatic rings. The number of benzene rings is 2. The highest BCUT2D eigenvalue weighted by Gasteiger charge is 2.05. The molecule has 0 N–H and O–H groups in total. The molecule has 0 heterocycles. The van der Waals surface area contributed by atoms with E-state index in [1.807, 2.05) is 0 Å². The summed E-state index contributed by atoms with van der Waals surface area (Å²) in [6, 6.07) is 15.3. The molecule has 39 heavy (non-hydrogen) atoms. The average Bonchev–Trinajstić information content (AvgIpc) is 2.96. The number of hydrogen-bond donors (Lipinski definition) is 0. The van der Waals surface area contributed by atoms with Gasteiger partial charge >= 0.3 is 11.9 Å². The van der Waals surface area contributed by atoms with Gasteiger partial charge < -0.3 is 14.2 Å². The van der Waals surface area contributed by atoms with Crippen molar-refractivity contribution in [2.75, 3.05) is 19.8 Å². The summed E-state index contributed by atoms with van der Waals surface area (Å²) in [6.07, 6.45) is 15.5. The first kappa shape index (κ1) is 31.9. The first-order valence-electron chi connectivity index (χ1n) is 14.4. The van der Waals surface area contributed by atoms with Crippen molar-refractivity contribution in [1.29, 1.82) is 0 Å². The lowest BCUT2D eigenvalue weighted by Crippen LogP contribution is -2.01. The Hall–Kier alpha value is -3.34. The quantitative estimate of drug-likeness (QED) is 0.0915. The molecule has 5 heteroatoms. The first-order valence-corrected chi connectivity index (χ1v) is 14.4. The summed E-state index contributed by atoms with van der Waals surface area (Å²) < 4.78 is 16.0. The zero-order valence-electron chi connectivity index (χ0n) is 23.8. The van der Waals surface area contributed by atoms with Gasteiger partial charge in [-0.2, -0.15) is 0 Å². The van der Waals surface area contributed by atoms with Crippen molar-refractivity contribution in [2.45, 2.75) is 84.0 Å². The van der Waals surface area contributed by atoms with Crippen molar-refractivity contribution in [3.8, 4) is 16.9 Å². The van der Waals surface area contributed by atoms with Crippen molar-refractivity contribution in [3.05, 3.63) is 78.9 Å². The Balaban J connectivity index is 1.59. The molecular formula is C34H46O5. The third-order valence-corrected chi connectivity index (χ3v) is 6.69. The number of esters is 2. The maximum Gasteiger partial charge on any atom is 0.330 e. The molecular weight excluding hydrogens is 488 g/mol. The zero-order chi connectivity index (χ0) is 28.1. The van der Waals surface area contributed by atoms with Crippen LogP contribution in [0.1, 0.15) is 81.8 Å². The van der Waals surface area contributed by atoms with E-state index in [0.717, 1.165) is 75.7 Å². The second kappa shape index (κ2) is 19.7. The number of unbranched alkanes of at least 4 members (excludes halogenated alkanes) is 9. The largest absolute Gasteiger partial charge is 0.493 e. The fourth-order valence-electron chi connectivity index (χ4n) is 4.37. The molecule has 0 fully saturated rings. The third kappa shape index (κ3) is 13.9. The van der Waals surface area contributed by atoms with Gasteiger partial charge in [0.25, 0.3) is 0 Å². The van der Waals surface area contributed by atoms with E-state index >= 15 is 0 Å². The summed E-state index contributed by atoms with van der Waals surface area (Å²) in [5.41, 5.74) is 4.96. The predicted octanol–water partition coefficient (Wildman–Crippen LogP) is 8.33. The van der Waals surface area contributed by atoms with Gasteiger partial charge in [0.15, 0.2) is 0 Å². The van der Waals surface area contributed by atoms with Crippen LogP contribution in [0.2, 0.25) is 0 Å². The Labute approximate surface area is 235 Å². The molecule has 212 valence electrons. The van der Waals surface area contributed by atoms with Crippen LogP contribution in [-0.2, 0) is 25.5 Å². The fourth-order valence-corrected chi connectivity index (χ4v) is 4.37. The van der Waals surface area contributed by atoms with Gasteiger partial charge in [0.1, 0.15) is 5.75 Å². The van der Waals surface area contributed by atoms with Crippen LogP contribution in [0.15, 0.2) is 67.8 Å². The summed E-state index contributed by atoms with van der Waals surface area (Å²) >= 11 is 0. The van der Waals surface area contributed by atoms with Crippen molar-refractivity contribution < 1.29 is 23.8 Å². The van der Waals surface area contributed by atoms with Crippen molar-refractivity contribution in [3.63, 3.8) is 0 Å². The Morgan fingerprint density at radius 2 is 1.13 bits per heavy atom. The lowest BCUT2D eigenvalue weighted by atomic mass is 9.99.